The number of hydrogen-bond donors (Lipinski definition) is 2. The summed E-state index contributed by atoms with van der Waals surface area (Å²) < 4.78 is 18.2. The van der Waals surface area contributed by atoms with Crippen LogP contribution in [0, 0.1) is 5.82 Å². The van der Waals surface area contributed by atoms with Gasteiger partial charge in [-0.05, 0) is 24.1 Å². The van der Waals surface area contributed by atoms with Crippen LogP contribution in [0.5, 0.6) is 0 Å². The van der Waals surface area contributed by atoms with Crippen LogP contribution < -0.4 is 5.32 Å². The smallest absolute Gasteiger partial charge is 0.305 e. The molecule has 2 N–H and O–H groups in total. The van der Waals surface area contributed by atoms with E-state index >= 15 is 0 Å². The number of amides is 1. The van der Waals surface area contributed by atoms with Gasteiger partial charge in [0.15, 0.2) is 0 Å². The molecule has 0 aliphatic heterocycles. The molecule has 0 aliphatic rings. The predicted octanol–water partition coefficient (Wildman–Crippen LogP) is 2.66. The SMILES string of the molecule is CCCCCOCC(=O)NC(CC(=O)O)c1ccc(F)cc1. The second kappa shape index (κ2) is 9.89. The van der Waals surface area contributed by atoms with E-state index in [1.807, 2.05) is 0 Å². The van der Waals surface area contributed by atoms with Gasteiger partial charge in [-0.15, -0.1) is 0 Å². The van der Waals surface area contributed by atoms with E-state index in [0.29, 0.717) is 12.2 Å². The van der Waals surface area contributed by atoms with Crippen molar-refractivity contribution in [3.63, 3.8) is 0 Å². The summed E-state index contributed by atoms with van der Waals surface area (Å²) in [6.07, 6.45) is 2.73. The average molecular weight is 311 g/mol. The third-order valence-electron chi connectivity index (χ3n) is 3.11. The first kappa shape index (κ1) is 18.1. The van der Waals surface area contributed by atoms with Crippen LogP contribution in [0.25, 0.3) is 0 Å². The zero-order valence-corrected chi connectivity index (χ0v) is 12.7. The van der Waals surface area contributed by atoms with Crippen molar-refractivity contribution in [1.82, 2.24) is 5.32 Å². The zero-order chi connectivity index (χ0) is 16.4. The molecule has 1 aromatic carbocycles. The molecular weight excluding hydrogens is 289 g/mol. The second-order valence-electron chi connectivity index (χ2n) is 5.03. The van der Waals surface area contributed by atoms with Crippen LogP contribution >= 0.6 is 0 Å². The van der Waals surface area contributed by atoms with Gasteiger partial charge in [0.05, 0.1) is 12.5 Å². The first-order valence-corrected chi connectivity index (χ1v) is 7.37. The minimum Gasteiger partial charge on any atom is -0.481 e. The van der Waals surface area contributed by atoms with Gasteiger partial charge < -0.3 is 15.2 Å². The molecule has 0 heterocycles. The Kier molecular flexibility index (Phi) is 8.14. The topological polar surface area (TPSA) is 75.6 Å². The van der Waals surface area contributed by atoms with Crippen molar-refractivity contribution in [1.29, 1.82) is 0 Å². The molecule has 122 valence electrons. The van der Waals surface area contributed by atoms with E-state index in [0.717, 1.165) is 19.3 Å². The molecule has 1 rings (SSSR count). The monoisotopic (exact) mass is 311 g/mol. The second-order valence-corrected chi connectivity index (χ2v) is 5.03. The Morgan fingerprint density at radius 2 is 1.95 bits per heavy atom. The third-order valence-corrected chi connectivity index (χ3v) is 3.11. The maximum atomic E-state index is 12.9. The lowest BCUT2D eigenvalue weighted by Gasteiger charge is -2.17. The molecule has 0 spiro atoms. The minimum absolute atomic E-state index is 0.110. The fourth-order valence-corrected chi connectivity index (χ4v) is 1.98. The summed E-state index contributed by atoms with van der Waals surface area (Å²) in [5.74, 6) is -1.84. The van der Waals surface area contributed by atoms with Gasteiger partial charge in [0.1, 0.15) is 12.4 Å². The highest BCUT2D eigenvalue weighted by Crippen LogP contribution is 2.17. The first-order chi connectivity index (χ1) is 10.5. The summed E-state index contributed by atoms with van der Waals surface area (Å²) in [6, 6.07) is 4.69. The molecular formula is C16H22FNO4. The number of nitrogens with one attached hydrogen (secondary N) is 1. The van der Waals surface area contributed by atoms with Gasteiger partial charge >= 0.3 is 5.97 Å². The van der Waals surface area contributed by atoms with Crippen LogP contribution in [-0.2, 0) is 14.3 Å². The average Bonchev–Trinajstić information content (AvgIpc) is 2.46. The van der Waals surface area contributed by atoms with E-state index in [2.05, 4.69) is 12.2 Å². The van der Waals surface area contributed by atoms with E-state index < -0.39 is 17.8 Å². The zero-order valence-electron chi connectivity index (χ0n) is 12.7. The lowest BCUT2D eigenvalue weighted by molar-refractivity contribution is -0.138. The number of carboxylic acids is 1. The van der Waals surface area contributed by atoms with Gasteiger partial charge in [-0.2, -0.15) is 0 Å². The van der Waals surface area contributed by atoms with E-state index in [-0.39, 0.29) is 18.9 Å². The van der Waals surface area contributed by atoms with Crippen LogP contribution in [0.4, 0.5) is 4.39 Å². The normalized spacial score (nSPS) is 11.9. The number of carbonyl (C=O) groups excluding carboxylic acids is 1. The molecule has 22 heavy (non-hydrogen) atoms. The number of hydrogen-bond acceptors (Lipinski definition) is 3. The highest BCUT2D eigenvalue weighted by molar-refractivity contribution is 5.78. The van der Waals surface area contributed by atoms with Gasteiger partial charge in [0.2, 0.25) is 5.91 Å². The van der Waals surface area contributed by atoms with Gasteiger partial charge in [-0.1, -0.05) is 31.9 Å². The Hall–Kier alpha value is -1.95. The Bertz CT molecular complexity index is 476. The van der Waals surface area contributed by atoms with E-state index in [1.54, 1.807) is 0 Å². The number of carboxylic acid groups (broad SMARTS) is 1. The Labute approximate surface area is 129 Å². The highest BCUT2D eigenvalue weighted by atomic mass is 19.1. The summed E-state index contributed by atoms with van der Waals surface area (Å²) in [4.78, 5) is 22.7. The summed E-state index contributed by atoms with van der Waals surface area (Å²) in [7, 11) is 0. The summed E-state index contributed by atoms with van der Waals surface area (Å²) >= 11 is 0. The van der Waals surface area contributed by atoms with Crippen LogP contribution in [0.15, 0.2) is 24.3 Å². The third kappa shape index (κ3) is 7.17. The molecule has 1 aromatic rings. The molecule has 6 heteroatoms. The van der Waals surface area contributed by atoms with E-state index in [9.17, 15) is 14.0 Å². The van der Waals surface area contributed by atoms with Crippen LogP contribution in [0.2, 0.25) is 0 Å². The summed E-state index contributed by atoms with van der Waals surface area (Å²) in [6.45, 7) is 2.47. The maximum Gasteiger partial charge on any atom is 0.305 e. The van der Waals surface area contributed by atoms with Crippen LogP contribution in [0.3, 0.4) is 0 Å². The number of carbonyl (C=O) groups is 2. The van der Waals surface area contributed by atoms with Crippen molar-refractivity contribution in [3.8, 4) is 0 Å². The maximum absolute atomic E-state index is 12.9. The molecule has 1 unspecified atom stereocenters. The first-order valence-electron chi connectivity index (χ1n) is 7.37. The van der Waals surface area contributed by atoms with Crippen molar-refractivity contribution >= 4 is 11.9 Å². The number of ether oxygens (including phenoxy) is 1. The number of halogens is 1. The Balaban J connectivity index is 2.52. The molecule has 0 aliphatic carbocycles. The predicted molar refractivity (Wildman–Crippen MR) is 79.9 cm³/mol. The quantitative estimate of drug-likeness (QED) is 0.651. The fourth-order valence-electron chi connectivity index (χ4n) is 1.98. The molecule has 0 fully saturated rings. The Morgan fingerprint density at radius 1 is 1.27 bits per heavy atom. The molecule has 0 saturated heterocycles. The Morgan fingerprint density at radius 3 is 2.55 bits per heavy atom. The van der Waals surface area contributed by atoms with Crippen molar-refractivity contribution in [3.05, 3.63) is 35.6 Å². The molecule has 5 nitrogen and oxygen atoms in total. The van der Waals surface area contributed by atoms with Crippen molar-refractivity contribution in [2.45, 2.75) is 38.6 Å². The van der Waals surface area contributed by atoms with E-state index in [4.69, 9.17) is 9.84 Å². The number of rotatable bonds is 10. The van der Waals surface area contributed by atoms with Gasteiger partial charge in [-0.25, -0.2) is 4.39 Å². The lowest BCUT2D eigenvalue weighted by atomic mass is 10.0. The van der Waals surface area contributed by atoms with Crippen molar-refractivity contribution < 1.29 is 23.8 Å². The summed E-state index contributed by atoms with van der Waals surface area (Å²) in [5, 5.41) is 11.5. The highest BCUT2D eigenvalue weighted by Gasteiger charge is 2.18. The van der Waals surface area contributed by atoms with Crippen molar-refractivity contribution in [2.75, 3.05) is 13.2 Å². The lowest BCUT2D eigenvalue weighted by Crippen LogP contribution is -2.33. The van der Waals surface area contributed by atoms with Crippen molar-refractivity contribution in [2.24, 2.45) is 0 Å². The van der Waals surface area contributed by atoms with Crippen LogP contribution in [-0.4, -0.2) is 30.2 Å². The molecule has 1 atom stereocenters. The summed E-state index contributed by atoms with van der Waals surface area (Å²) in [5.41, 5.74) is 0.545. The largest absolute Gasteiger partial charge is 0.481 e. The van der Waals surface area contributed by atoms with Crippen LogP contribution in [0.1, 0.15) is 44.2 Å². The molecule has 0 bridgehead atoms. The molecule has 0 saturated carbocycles. The number of unbranched alkanes of at least 4 members (excludes halogenated alkanes) is 2. The fraction of sp³-hybridized carbons (Fsp3) is 0.500. The standard InChI is InChI=1S/C16H22FNO4/c1-2-3-4-9-22-11-15(19)18-14(10-16(20)21)12-5-7-13(17)8-6-12/h5-8,14H,2-4,9-11H2,1H3,(H,18,19)(H,20,21). The van der Waals surface area contributed by atoms with Gasteiger partial charge in [0.25, 0.3) is 0 Å². The molecule has 0 radical (unpaired) electrons. The molecule has 1 amide bonds. The van der Waals surface area contributed by atoms with Gasteiger partial charge in [0, 0.05) is 6.61 Å². The van der Waals surface area contributed by atoms with Gasteiger partial charge in [-0.3, -0.25) is 9.59 Å². The number of benzene rings is 1. The number of aliphatic carboxylic acids is 1. The molecule has 0 aromatic heterocycles. The van der Waals surface area contributed by atoms with E-state index in [1.165, 1.54) is 24.3 Å². The minimum atomic E-state index is -1.04.